The van der Waals surface area contributed by atoms with E-state index in [0.29, 0.717) is 38.2 Å². The summed E-state index contributed by atoms with van der Waals surface area (Å²) >= 11 is 0. The lowest BCUT2D eigenvalue weighted by atomic mass is 9.72. The molecule has 1 aliphatic rings. The Morgan fingerprint density at radius 2 is 1.67 bits per heavy atom. The molecule has 3 aromatic rings. The molecule has 0 radical (unpaired) electrons. The molecule has 0 atom stereocenters. The van der Waals surface area contributed by atoms with Gasteiger partial charge in [0.05, 0.1) is 6.26 Å². The topological polar surface area (TPSA) is 140 Å². The van der Waals surface area contributed by atoms with Crippen LogP contribution >= 0.6 is 0 Å². The first-order valence-electron chi connectivity index (χ1n) is 11.4. The van der Waals surface area contributed by atoms with Crippen molar-refractivity contribution in [2.45, 2.75) is 18.3 Å². The Balaban J connectivity index is 1.55. The molecule has 3 N–H and O–H groups in total. The van der Waals surface area contributed by atoms with Gasteiger partial charge in [0.1, 0.15) is 5.75 Å². The number of carbonyl (C=O) groups excluding carboxylic acids is 1. The van der Waals surface area contributed by atoms with Crippen molar-refractivity contribution in [1.82, 2.24) is 20.2 Å². The van der Waals surface area contributed by atoms with Crippen LogP contribution in [0.3, 0.4) is 0 Å². The predicted octanol–water partition coefficient (Wildman–Crippen LogP) is 2.22. The average Bonchev–Trinajstić information content (AvgIpc) is 2.88. The fraction of sp³-hybridized carbons (Fsp3) is 0.280. The van der Waals surface area contributed by atoms with E-state index in [1.165, 1.54) is 12.4 Å². The number of anilines is 1. The van der Waals surface area contributed by atoms with Gasteiger partial charge < -0.3 is 20.7 Å². The Morgan fingerprint density at radius 1 is 1.06 bits per heavy atom. The van der Waals surface area contributed by atoms with E-state index in [0.717, 1.165) is 11.8 Å². The van der Waals surface area contributed by atoms with Gasteiger partial charge in [0.15, 0.2) is 11.5 Å². The van der Waals surface area contributed by atoms with E-state index in [4.69, 9.17) is 10.5 Å². The summed E-state index contributed by atoms with van der Waals surface area (Å²) in [5, 5.41) is 2.97. The fourth-order valence-corrected chi connectivity index (χ4v) is 4.66. The SMILES string of the molecule is CS(=O)(=O)N=C(Oc1ccccc1)N1CCC(CNC(=O)c2nccnc2N)(c2ccccc2)CC1. The van der Waals surface area contributed by atoms with Crippen molar-refractivity contribution in [3.8, 4) is 5.75 Å². The van der Waals surface area contributed by atoms with E-state index < -0.39 is 21.3 Å². The number of rotatable bonds is 6. The minimum absolute atomic E-state index is 0.0294. The smallest absolute Gasteiger partial charge is 0.308 e. The Hall–Kier alpha value is -3.99. The number of carbonyl (C=O) groups is 1. The molecular weight excluding hydrogens is 480 g/mol. The van der Waals surface area contributed by atoms with Crippen molar-refractivity contribution >= 4 is 27.8 Å². The number of nitrogen functional groups attached to an aromatic ring is 1. The van der Waals surface area contributed by atoms with E-state index >= 15 is 0 Å². The quantitative estimate of drug-likeness (QED) is 0.382. The number of piperidine rings is 1. The van der Waals surface area contributed by atoms with Gasteiger partial charge in [-0.05, 0) is 30.5 Å². The molecule has 11 heteroatoms. The van der Waals surface area contributed by atoms with Crippen LogP contribution in [-0.4, -0.2) is 61.1 Å². The maximum Gasteiger partial charge on any atom is 0.308 e. The number of nitrogens with zero attached hydrogens (tertiary/aromatic N) is 4. The summed E-state index contributed by atoms with van der Waals surface area (Å²) in [6, 6.07) is 18.9. The molecule has 1 aliphatic heterocycles. The zero-order valence-electron chi connectivity index (χ0n) is 19.9. The van der Waals surface area contributed by atoms with Crippen molar-refractivity contribution in [3.05, 3.63) is 84.3 Å². The maximum atomic E-state index is 12.8. The molecule has 0 aliphatic carbocycles. The number of sulfonamides is 1. The Bertz CT molecular complexity index is 1320. The van der Waals surface area contributed by atoms with Crippen molar-refractivity contribution in [2.24, 2.45) is 4.40 Å². The molecule has 36 heavy (non-hydrogen) atoms. The highest BCUT2D eigenvalue weighted by Crippen LogP contribution is 2.35. The Kier molecular flexibility index (Phi) is 7.49. The molecule has 0 spiro atoms. The first-order valence-corrected chi connectivity index (χ1v) is 13.3. The first kappa shape index (κ1) is 25.1. The minimum atomic E-state index is -3.69. The molecule has 1 aromatic heterocycles. The highest BCUT2D eigenvalue weighted by atomic mass is 32.2. The number of nitrogens with one attached hydrogen (secondary N) is 1. The van der Waals surface area contributed by atoms with Gasteiger partial charge in [0.25, 0.3) is 15.9 Å². The highest BCUT2D eigenvalue weighted by molar-refractivity contribution is 7.89. The summed E-state index contributed by atoms with van der Waals surface area (Å²) in [7, 11) is -3.69. The average molecular weight is 509 g/mol. The number of hydrogen-bond donors (Lipinski definition) is 2. The third-order valence-corrected chi connectivity index (χ3v) is 6.59. The predicted molar refractivity (Wildman–Crippen MR) is 137 cm³/mol. The normalized spacial score (nSPS) is 15.8. The third-order valence-electron chi connectivity index (χ3n) is 6.10. The van der Waals surface area contributed by atoms with Gasteiger partial charge >= 0.3 is 6.02 Å². The standard InChI is InChI=1S/C25H28N6O4S/c1-36(33,34)30-24(35-20-10-6-3-7-11-20)31-16-12-25(13-17-31,19-8-4-2-5-9-19)18-29-23(32)21-22(26)28-15-14-27-21/h2-11,14-15H,12-13,16-18H2,1H3,(H2,26,28)(H,29,32). The van der Waals surface area contributed by atoms with Crippen molar-refractivity contribution in [1.29, 1.82) is 0 Å². The molecule has 188 valence electrons. The zero-order valence-corrected chi connectivity index (χ0v) is 20.7. The number of nitrogens with two attached hydrogens (primary N) is 1. The van der Waals surface area contributed by atoms with E-state index in [2.05, 4.69) is 19.7 Å². The van der Waals surface area contributed by atoms with Crippen LogP contribution in [0.2, 0.25) is 0 Å². The van der Waals surface area contributed by atoms with Gasteiger partial charge in [-0.1, -0.05) is 48.5 Å². The van der Waals surface area contributed by atoms with Crippen LogP contribution in [0.1, 0.15) is 28.9 Å². The lowest BCUT2D eigenvalue weighted by Gasteiger charge is -2.42. The molecule has 0 unspecified atom stereocenters. The third kappa shape index (κ3) is 6.16. The second-order valence-electron chi connectivity index (χ2n) is 8.63. The monoisotopic (exact) mass is 508 g/mol. The molecule has 2 heterocycles. The number of ether oxygens (including phenoxy) is 1. The second kappa shape index (κ2) is 10.7. The number of aromatic nitrogens is 2. The molecule has 1 fully saturated rings. The van der Waals surface area contributed by atoms with Gasteiger partial charge in [0.2, 0.25) is 0 Å². The second-order valence-corrected chi connectivity index (χ2v) is 10.3. The van der Waals surface area contributed by atoms with Gasteiger partial charge in [-0.25, -0.2) is 18.4 Å². The van der Waals surface area contributed by atoms with Crippen LogP contribution in [-0.2, 0) is 15.4 Å². The van der Waals surface area contributed by atoms with E-state index in [9.17, 15) is 13.2 Å². The highest BCUT2D eigenvalue weighted by Gasteiger charge is 2.38. The van der Waals surface area contributed by atoms with Crippen LogP contribution in [0.25, 0.3) is 0 Å². The van der Waals surface area contributed by atoms with Gasteiger partial charge in [0, 0.05) is 37.4 Å². The molecule has 0 bridgehead atoms. The lowest BCUT2D eigenvalue weighted by molar-refractivity contribution is 0.0926. The number of amidine groups is 1. The fourth-order valence-electron chi connectivity index (χ4n) is 4.22. The Morgan fingerprint density at radius 3 is 2.28 bits per heavy atom. The summed E-state index contributed by atoms with van der Waals surface area (Å²) < 4.78 is 33.7. The van der Waals surface area contributed by atoms with Gasteiger partial charge in [-0.3, -0.25) is 4.79 Å². The Labute approximate surface area is 210 Å². The molecule has 4 rings (SSSR count). The number of likely N-dealkylation sites (tertiary alicyclic amines) is 1. The zero-order chi connectivity index (χ0) is 25.6. The molecule has 2 aromatic carbocycles. The van der Waals surface area contributed by atoms with Crippen LogP contribution in [0.5, 0.6) is 5.75 Å². The van der Waals surface area contributed by atoms with Crippen LogP contribution in [0.4, 0.5) is 5.82 Å². The molecule has 10 nitrogen and oxygen atoms in total. The molecule has 1 saturated heterocycles. The maximum absolute atomic E-state index is 12.8. The summed E-state index contributed by atoms with van der Waals surface area (Å²) in [4.78, 5) is 22.6. The largest absolute Gasteiger partial charge is 0.425 e. The van der Waals surface area contributed by atoms with Crippen LogP contribution in [0.15, 0.2) is 77.5 Å². The lowest BCUT2D eigenvalue weighted by Crippen LogP contribution is -2.51. The number of benzene rings is 2. The summed E-state index contributed by atoms with van der Waals surface area (Å²) in [5.74, 6) is 0.164. The summed E-state index contributed by atoms with van der Waals surface area (Å²) in [6.45, 7) is 1.29. The van der Waals surface area contributed by atoms with E-state index in [1.54, 1.807) is 24.3 Å². The van der Waals surface area contributed by atoms with Crippen molar-refractivity contribution < 1.29 is 17.9 Å². The van der Waals surface area contributed by atoms with Crippen molar-refractivity contribution in [2.75, 3.05) is 31.6 Å². The van der Waals surface area contributed by atoms with Crippen molar-refractivity contribution in [3.63, 3.8) is 0 Å². The number of hydrogen-bond acceptors (Lipinski definition) is 7. The number of amides is 1. The number of para-hydroxylation sites is 1. The van der Waals surface area contributed by atoms with Gasteiger partial charge in [-0.15, -0.1) is 4.40 Å². The first-order chi connectivity index (χ1) is 17.3. The summed E-state index contributed by atoms with van der Waals surface area (Å²) in [5.41, 5.74) is 6.58. The molecule has 0 saturated carbocycles. The summed E-state index contributed by atoms with van der Waals surface area (Å²) in [6.07, 6.45) is 5.13. The van der Waals surface area contributed by atoms with E-state index in [-0.39, 0.29) is 17.5 Å². The van der Waals surface area contributed by atoms with Gasteiger partial charge in [-0.2, -0.15) is 0 Å². The molecular formula is C25H28N6O4S. The van der Waals surface area contributed by atoms with E-state index in [1.807, 2.05) is 41.3 Å². The van der Waals surface area contributed by atoms with Crippen LogP contribution in [0, 0.1) is 0 Å². The molecule has 1 amide bonds. The van der Waals surface area contributed by atoms with Crippen LogP contribution < -0.4 is 15.8 Å². The minimum Gasteiger partial charge on any atom is -0.425 e.